The second-order valence-corrected chi connectivity index (χ2v) is 5.65. The van der Waals surface area contributed by atoms with Crippen LogP contribution in [0.2, 0.25) is 0 Å². The standard InChI is InChI=1S/C15H21NO2/c1-12(2)16-9-7-15(8-10-16)11-17-13-5-3-4-6-14(13)18-15/h3-6,12H,7-11H2,1-2H3. The maximum atomic E-state index is 6.24. The SMILES string of the molecule is CC(C)N1CCC2(CC1)COc1ccccc1O2. The Morgan fingerprint density at radius 3 is 2.44 bits per heavy atom. The van der Waals surface area contributed by atoms with Crippen LogP contribution in [0.5, 0.6) is 11.5 Å². The molecule has 2 aliphatic heterocycles. The zero-order valence-corrected chi connectivity index (χ0v) is 11.2. The molecule has 0 atom stereocenters. The zero-order valence-electron chi connectivity index (χ0n) is 11.2. The van der Waals surface area contributed by atoms with Gasteiger partial charge in [0.2, 0.25) is 0 Å². The van der Waals surface area contributed by atoms with Crippen LogP contribution < -0.4 is 9.47 Å². The quantitative estimate of drug-likeness (QED) is 0.761. The van der Waals surface area contributed by atoms with Gasteiger partial charge in [-0.2, -0.15) is 0 Å². The third-order valence-corrected chi connectivity index (χ3v) is 4.11. The van der Waals surface area contributed by atoms with Gasteiger partial charge in [-0.15, -0.1) is 0 Å². The third-order valence-electron chi connectivity index (χ3n) is 4.11. The lowest BCUT2D eigenvalue weighted by molar-refractivity contribution is -0.0566. The van der Waals surface area contributed by atoms with E-state index in [4.69, 9.17) is 9.47 Å². The minimum atomic E-state index is -0.0975. The van der Waals surface area contributed by atoms with Gasteiger partial charge < -0.3 is 14.4 Å². The van der Waals surface area contributed by atoms with Crippen molar-refractivity contribution in [2.45, 2.75) is 38.3 Å². The molecule has 3 rings (SSSR count). The summed E-state index contributed by atoms with van der Waals surface area (Å²) in [6, 6.07) is 8.60. The van der Waals surface area contributed by atoms with E-state index in [1.54, 1.807) is 0 Å². The summed E-state index contributed by atoms with van der Waals surface area (Å²) < 4.78 is 12.1. The molecule has 2 heterocycles. The molecule has 2 aliphatic rings. The average Bonchev–Trinajstić information content (AvgIpc) is 2.39. The van der Waals surface area contributed by atoms with Crippen molar-refractivity contribution in [2.75, 3.05) is 19.7 Å². The van der Waals surface area contributed by atoms with Crippen LogP contribution in [-0.2, 0) is 0 Å². The van der Waals surface area contributed by atoms with Crippen LogP contribution in [0.3, 0.4) is 0 Å². The number of hydrogen-bond acceptors (Lipinski definition) is 3. The number of hydrogen-bond donors (Lipinski definition) is 0. The van der Waals surface area contributed by atoms with E-state index in [0.717, 1.165) is 37.4 Å². The van der Waals surface area contributed by atoms with Crippen molar-refractivity contribution in [1.82, 2.24) is 4.90 Å². The molecule has 0 amide bonds. The molecular formula is C15H21NO2. The second kappa shape index (κ2) is 4.47. The van der Waals surface area contributed by atoms with Crippen LogP contribution in [0.25, 0.3) is 0 Å². The predicted molar refractivity (Wildman–Crippen MR) is 71.2 cm³/mol. The molecule has 98 valence electrons. The van der Waals surface area contributed by atoms with E-state index in [2.05, 4.69) is 18.7 Å². The fraction of sp³-hybridized carbons (Fsp3) is 0.600. The fourth-order valence-corrected chi connectivity index (χ4v) is 2.82. The number of para-hydroxylation sites is 2. The van der Waals surface area contributed by atoms with Gasteiger partial charge in [-0.3, -0.25) is 0 Å². The Labute approximate surface area is 109 Å². The first-order valence-corrected chi connectivity index (χ1v) is 6.83. The predicted octanol–water partition coefficient (Wildman–Crippen LogP) is 2.70. The van der Waals surface area contributed by atoms with Crippen molar-refractivity contribution < 1.29 is 9.47 Å². The number of fused-ring (bicyclic) bond motifs is 1. The molecule has 0 aliphatic carbocycles. The van der Waals surface area contributed by atoms with E-state index >= 15 is 0 Å². The van der Waals surface area contributed by atoms with Crippen molar-refractivity contribution in [3.63, 3.8) is 0 Å². The Morgan fingerprint density at radius 1 is 1.11 bits per heavy atom. The van der Waals surface area contributed by atoms with Gasteiger partial charge in [0.15, 0.2) is 11.5 Å². The van der Waals surface area contributed by atoms with Crippen molar-refractivity contribution in [1.29, 1.82) is 0 Å². The van der Waals surface area contributed by atoms with Crippen LogP contribution in [0.4, 0.5) is 0 Å². The molecular weight excluding hydrogens is 226 g/mol. The van der Waals surface area contributed by atoms with Crippen molar-refractivity contribution in [3.8, 4) is 11.5 Å². The number of piperidine rings is 1. The van der Waals surface area contributed by atoms with Gasteiger partial charge in [-0.25, -0.2) is 0 Å². The largest absolute Gasteiger partial charge is 0.486 e. The first-order chi connectivity index (χ1) is 8.69. The van der Waals surface area contributed by atoms with Crippen molar-refractivity contribution in [2.24, 2.45) is 0 Å². The minimum absolute atomic E-state index is 0.0975. The van der Waals surface area contributed by atoms with E-state index in [9.17, 15) is 0 Å². The van der Waals surface area contributed by atoms with Crippen molar-refractivity contribution >= 4 is 0 Å². The molecule has 1 aromatic carbocycles. The summed E-state index contributed by atoms with van der Waals surface area (Å²) in [5, 5.41) is 0. The highest BCUT2D eigenvalue weighted by Gasteiger charge is 2.41. The van der Waals surface area contributed by atoms with Gasteiger partial charge in [-0.05, 0) is 26.0 Å². The lowest BCUT2D eigenvalue weighted by Gasteiger charge is -2.45. The molecule has 0 unspecified atom stereocenters. The van der Waals surface area contributed by atoms with Crippen LogP contribution in [0.15, 0.2) is 24.3 Å². The van der Waals surface area contributed by atoms with E-state index in [0.29, 0.717) is 12.6 Å². The number of nitrogens with zero attached hydrogens (tertiary/aromatic N) is 1. The van der Waals surface area contributed by atoms with Crippen LogP contribution in [0, 0.1) is 0 Å². The fourth-order valence-electron chi connectivity index (χ4n) is 2.82. The summed E-state index contributed by atoms with van der Waals surface area (Å²) >= 11 is 0. The van der Waals surface area contributed by atoms with Gasteiger partial charge in [0.25, 0.3) is 0 Å². The number of likely N-dealkylation sites (tertiary alicyclic amines) is 1. The van der Waals surface area contributed by atoms with E-state index in [1.807, 2.05) is 24.3 Å². The van der Waals surface area contributed by atoms with Crippen LogP contribution >= 0.6 is 0 Å². The van der Waals surface area contributed by atoms with Crippen LogP contribution in [-0.4, -0.2) is 36.2 Å². The molecule has 1 aromatic rings. The average molecular weight is 247 g/mol. The molecule has 3 heteroatoms. The number of rotatable bonds is 1. The van der Waals surface area contributed by atoms with Gasteiger partial charge in [0.1, 0.15) is 12.2 Å². The first kappa shape index (κ1) is 11.8. The summed E-state index contributed by atoms with van der Waals surface area (Å²) in [7, 11) is 0. The molecule has 0 saturated carbocycles. The topological polar surface area (TPSA) is 21.7 Å². The van der Waals surface area contributed by atoms with E-state index in [1.165, 1.54) is 0 Å². The molecule has 3 nitrogen and oxygen atoms in total. The van der Waals surface area contributed by atoms with Gasteiger partial charge in [0.05, 0.1) is 0 Å². The molecule has 1 spiro atoms. The highest BCUT2D eigenvalue weighted by atomic mass is 16.6. The molecule has 0 N–H and O–H groups in total. The number of ether oxygens (including phenoxy) is 2. The molecule has 1 fully saturated rings. The number of benzene rings is 1. The highest BCUT2D eigenvalue weighted by Crippen LogP contribution is 2.39. The summed E-state index contributed by atoms with van der Waals surface area (Å²) in [5.74, 6) is 1.79. The smallest absolute Gasteiger partial charge is 0.162 e. The molecule has 1 saturated heterocycles. The summed E-state index contributed by atoms with van der Waals surface area (Å²) in [6.45, 7) is 7.40. The Hall–Kier alpha value is -1.22. The molecule has 0 radical (unpaired) electrons. The van der Waals surface area contributed by atoms with E-state index in [-0.39, 0.29) is 5.60 Å². The summed E-state index contributed by atoms with van der Waals surface area (Å²) in [5.41, 5.74) is -0.0975. The normalized spacial score (nSPS) is 22.4. The summed E-state index contributed by atoms with van der Waals surface area (Å²) in [6.07, 6.45) is 2.11. The lowest BCUT2D eigenvalue weighted by Crippen LogP contribution is -2.54. The third kappa shape index (κ3) is 2.07. The lowest BCUT2D eigenvalue weighted by atomic mass is 9.90. The highest BCUT2D eigenvalue weighted by molar-refractivity contribution is 5.41. The first-order valence-electron chi connectivity index (χ1n) is 6.83. The monoisotopic (exact) mass is 247 g/mol. The second-order valence-electron chi connectivity index (χ2n) is 5.65. The summed E-state index contributed by atoms with van der Waals surface area (Å²) in [4.78, 5) is 2.51. The maximum Gasteiger partial charge on any atom is 0.162 e. The minimum Gasteiger partial charge on any atom is -0.486 e. The van der Waals surface area contributed by atoms with E-state index < -0.39 is 0 Å². The molecule has 0 bridgehead atoms. The van der Waals surface area contributed by atoms with Gasteiger partial charge >= 0.3 is 0 Å². The molecule has 0 aromatic heterocycles. The van der Waals surface area contributed by atoms with Crippen molar-refractivity contribution in [3.05, 3.63) is 24.3 Å². The zero-order chi connectivity index (χ0) is 12.6. The van der Waals surface area contributed by atoms with Gasteiger partial charge in [-0.1, -0.05) is 12.1 Å². The Bertz CT molecular complexity index is 422. The Balaban J connectivity index is 1.72. The Morgan fingerprint density at radius 2 is 1.78 bits per heavy atom. The molecule has 18 heavy (non-hydrogen) atoms. The maximum absolute atomic E-state index is 6.24. The van der Waals surface area contributed by atoms with Gasteiger partial charge in [0, 0.05) is 32.0 Å². The Kier molecular flexibility index (Phi) is 2.94. The van der Waals surface area contributed by atoms with Crippen LogP contribution in [0.1, 0.15) is 26.7 Å².